The summed E-state index contributed by atoms with van der Waals surface area (Å²) in [5, 5.41) is 20.3. The van der Waals surface area contributed by atoms with Crippen molar-refractivity contribution >= 4 is 11.6 Å². The maximum atomic E-state index is 9.92. The third-order valence-corrected chi connectivity index (χ3v) is 3.08. The largest absolute Gasteiger partial charge is 0.507 e. The summed E-state index contributed by atoms with van der Waals surface area (Å²) in [6, 6.07) is 10.2. The lowest BCUT2D eigenvalue weighted by atomic mass is 9.99. The van der Waals surface area contributed by atoms with E-state index in [1.54, 1.807) is 18.2 Å². The molecule has 3 heteroatoms. The molecular weight excluding hydrogens is 248 g/mol. The van der Waals surface area contributed by atoms with Crippen molar-refractivity contribution in [3.63, 3.8) is 0 Å². The van der Waals surface area contributed by atoms with Crippen molar-refractivity contribution in [1.29, 1.82) is 0 Å². The standard InChI is InChI=1S/C15H15ClO2/c1-2-3-10-4-6-14(17)12(8-10)13-9-11(16)5-7-15(13)18/h4-9,17-18H,2-3H2,1H3. The highest BCUT2D eigenvalue weighted by Gasteiger charge is 2.10. The number of phenolic OH excluding ortho intramolecular Hbond substituents is 2. The van der Waals surface area contributed by atoms with Gasteiger partial charge in [-0.05, 0) is 42.3 Å². The summed E-state index contributed by atoms with van der Waals surface area (Å²) in [5.74, 6) is 0.260. The first-order valence-corrected chi connectivity index (χ1v) is 6.30. The van der Waals surface area contributed by atoms with Gasteiger partial charge < -0.3 is 10.2 Å². The fourth-order valence-electron chi connectivity index (χ4n) is 1.97. The number of hydrogen-bond donors (Lipinski definition) is 2. The number of benzene rings is 2. The molecule has 0 atom stereocenters. The third-order valence-electron chi connectivity index (χ3n) is 2.85. The van der Waals surface area contributed by atoms with E-state index in [-0.39, 0.29) is 11.5 Å². The van der Waals surface area contributed by atoms with Crippen LogP contribution in [0.5, 0.6) is 11.5 Å². The van der Waals surface area contributed by atoms with E-state index < -0.39 is 0 Å². The Morgan fingerprint density at radius 3 is 2.22 bits per heavy atom. The van der Waals surface area contributed by atoms with E-state index in [2.05, 4.69) is 6.92 Å². The second kappa shape index (κ2) is 5.32. The quantitative estimate of drug-likeness (QED) is 0.862. The molecule has 0 saturated heterocycles. The van der Waals surface area contributed by atoms with E-state index in [9.17, 15) is 10.2 Å². The van der Waals surface area contributed by atoms with Gasteiger partial charge in [-0.15, -0.1) is 0 Å². The minimum atomic E-state index is 0.114. The van der Waals surface area contributed by atoms with Crippen molar-refractivity contribution < 1.29 is 10.2 Å². The van der Waals surface area contributed by atoms with Gasteiger partial charge in [0.2, 0.25) is 0 Å². The Bertz CT molecular complexity index is 564. The summed E-state index contributed by atoms with van der Waals surface area (Å²) in [4.78, 5) is 0. The van der Waals surface area contributed by atoms with Crippen molar-refractivity contribution in [2.75, 3.05) is 0 Å². The highest BCUT2D eigenvalue weighted by atomic mass is 35.5. The van der Waals surface area contributed by atoms with Gasteiger partial charge in [0.25, 0.3) is 0 Å². The molecule has 0 aliphatic carbocycles. The van der Waals surface area contributed by atoms with Crippen LogP contribution in [0.25, 0.3) is 11.1 Å². The molecular formula is C15H15ClO2. The predicted molar refractivity (Wildman–Crippen MR) is 74.2 cm³/mol. The predicted octanol–water partition coefficient (Wildman–Crippen LogP) is 4.37. The normalized spacial score (nSPS) is 10.6. The van der Waals surface area contributed by atoms with E-state index in [0.717, 1.165) is 18.4 Å². The second-order valence-electron chi connectivity index (χ2n) is 4.26. The lowest BCUT2D eigenvalue weighted by Gasteiger charge is -2.09. The minimum Gasteiger partial charge on any atom is -0.507 e. The first-order chi connectivity index (χ1) is 8.61. The molecule has 2 aromatic rings. The molecule has 0 fully saturated rings. The molecule has 2 N–H and O–H groups in total. The van der Waals surface area contributed by atoms with Gasteiger partial charge in [-0.25, -0.2) is 0 Å². The molecule has 0 aromatic heterocycles. The molecule has 0 bridgehead atoms. The number of aryl methyl sites for hydroxylation is 1. The zero-order chi connectivity index (χ0) is 13.1. The summed E-state index contributed by atoms with van der Waals surface area (Å²) in [5.41, 5.74) is 2.29. The summed E-state index contributed by atoms with van der Waals surface area (Å²) in [7, 11) is 0. The van der Waals surface area contributed by atoms with Gasteiger partial charge in [-0.1, -0.05) is 31.0 Å². The van der Waals surface area contributed by atoms with Crippen molar-refractivity contribution in [3.05, 3.63) is 47.0 Å². The molecule has 94 valence electrons. The van der Waals surface area contributed by atoms with E-state index >= 15 is 0 Å². The fraction of sp³-hybridized carbons (Fsp3) is 0.200. The maximum absolute atomic E-state index is 9.92. The number of rotatable bonds is 3. The van der Waals surface area contributed by atoms with Crippen LogP contribution in [-0.2, 0) is 6.42 Å². The Morgan fingerprint density at radius 1 is 0.944 bits per heavy atom. The smallest absolute Gasteiger partial charge is 0.123 e. The lowest BCUT2D eigenvalue weighted by molar-refractivity contribution is 0.469. The van der Waals surface area contributed by atoms with Gasteiger partial charge in [-0.2, -0.15) is 0 Å². The zero-order valence-electron chi connectivity index (χ0n) is 10.2. The zero-order valence-corrected chi connectivity index (χ0v) is 10.9. The van der Waals surface area contributed by atoms with Crippen molar-refractivity contribution in [3.8, 4) is 22.6 Å². The van der Waals surface area contributed by atoms with Gasteiger partial charge in [0.1, 0.15) is 11.5 Å². The number of aromatic hydroxyl groups is 2. The minimum absolute atomic E-state index is 0.114. The van der Waals surface area contributed by atoms with Crippen LogP contribution in [0.15, 0.2) is 36.4 Å². The lowest BCUT2D eigenvalue weighted by Crippen LogP contribution is -1.87. The van der Waals surface area contributed by atoms with Gasteiger partial charge >= 0.3 is 0 Å². The first kappa shape index (κ1) is 12.8. The van der Waals surface area contributed by atoms with Gasteiger partial charge in [-0.3, -0.25) is 0 Å². The monoisotopic (exact) mass is 262 g/mol. The fourth-order valence-corrected chi connectivity index (χ4v) is 2.14. The average Bonchev–Trinajstić information content (AvgIpc) is 2.35. The molecule has 2 aromatic carbocycles. The van der Waals surface area contributed by atoms with Crippen LogP contribution < -0.4 is 0 Å². The highest BCUT2D eigenvalue weighted by molar-refractivity contribution is 6.31. The van der Waals surface area contributed by atoms with Crippen LogP contribution in [0.4, 0.5) is 0 Å². The third kappa shape index (κ3) is 2.59. The Kier molecular flexibility index (Phi) is 3.78. The van der Waals surface area contributed by atoms with Crippen LogP contribution >= 0.6 is 11.6 Å². The Hall–Kier alpha value is -1.67. The average molecular weight is 263 g/mol. The molecule has 18 heavy (non-hydrogen) atoms. The molecule has 0 saturated carbocycles. The molecule has 0 unspecified atom stereocenters. The van der Waals surface area contributed by atoms with Gasteiger partial charge in [0.05, 0.1) is 0 Å². The molecule has 0 spiro atoms. The summed E-state index contributed by atoms with van der Waals surface area (Å²) in [6.45, 7) is 2.10. The molecule has 0 aliphatic rings. The summed E-state index contributed by atoms with van der Waals surface area (Å²) < 4.78 is 0. The van der Waals surface area contributed by atoms with E-state index in [1.165, 1.54) is 6.07 Å². The van der Waals surface area contributed by atoms with Crippen molar-refractivity contribution in [2.24, 2.45) is 0 Å². The van der Waals surface area contributed by atoms with E-state index in [4.69, 9.17) is 11.6 Å². The molecule has 0 amide bonds. The van der Waals surface area contributed by atoms with Crippen LogP contribution in [0, 0.1) is 0 Å². The Labute approximate surface area is 111 Å². The van der Waals surface area contributed by atoms with Crippen molar-refractivity contribution in [1.82, 2.24) is 0 Å². The Morgan fingerprint density at radius 2 is 1.56 bits per heavy atom. The topological polar surface area (TPSA) is 40.5 Å². The van der Waals surface area contributed by atoms with E-state index in [1.807, 2.05) is 12.1 Å². The van der Waals surface area contributed by atoms with Crippen LogP contribution in [-0.4, -0.2) is 10.2 Å². The van der Waals surface area contributed by atoms with Gasteiger partial charge in [0, 0.05) is 16.1 Å². The summed E-state index contributed by atoms with van der Waals surface area (Å²) >= 11 is 5.93. The second-order valence-corrected chi connectivity index (χ2v) is 4.70. The maximum Gasteiger partial charge on any atom is 0.123 e. The van der Waals surface area contributed by atoms with Gasteiger partial charge in [0.15, 0.2) is 0 Å². The molecule has 0 aliphatic heterocycles. The van der Waals surface area contributed by atoms with E-state index in [0.29, 0.717) is 16.1 Å². The summed E-state index contributed by atoms with van der Waals surface area (Å²) in [6.07, 6.45) is 1.97. The molecule has 0 heterocycles. The van der Waals surface area contributed by atoms with Crippen LogP contribution in [0.1, 0.15) is 18.9 Å². The molecule has 0 radical (unpaired) electrons. The molecule has 2 rings (SSSR count). The van der Waals surface area contributed by atoms with Crippen LogP contribution in [0.2, 0.25) is 5.02 Å². The number of halogens is 1. The number of phenols is 2. The SMILES string of the molecule is CCCc1ccc(O)c(-c2cc(Cl)ccc2O)c1. The Balaban J connectivity index is 2.55. The number of hydrogen-bond acceptors (Lipinski definition) is 2. The highest BCUT2D eigenvalue weighted by Crippen LogP contribution is 2.37. The first-order valence-electron chi connectivity index (χ1n) is 5.92. The molecule has 2 nitrogen and oxygen atoms in total. The van der Waals surface area contributed by atoms with Crippen molar-refractivity contribution in [2.45, 2.75) is 19.8 Å². The van der Waals surface area contributed by atoms with Crippen LogP contribution in [0.3, 0.4) is 0 Å².